The number of hydrogen-bond donors (Lipinski definition) is 1. The molecule has 0 radical (unpaired) electrons. The SMILES string of the molecule is CCCCCCC(C)(C)c1ccc(C2(O)CCCCC2)c(OCc2ccccc2)c1. The third-order valence-electron chi connectivity index (χ3n) is 6.84. The quantitative estimate of drug-likeness (QED) is 0.409. The molecule has 0 heterocycles. The molecule has 0 unspecified atom stereocenters. The molecule has 1 saturated carbocycles. The average molecular weight is 409 g/mol. The highest BCUT2D eigenvalue weighted by Gasteiger charge is 2.34. The van der Waals surface area contributed by atoms with Crippen molar-refractivity contribution < 1.29 is 9.84 Å². The fraction of sp³-hybridized carbons (Fsp3) is 0.571. The maximum absolute atomic E-state index is 11.4. The van der Waals surface area contributed by atoms with E-state index in [4.69, 9.17) is 4.74 Å². The molecule has 1 fully saturated rings. The molecule has 0 bridgehead atoms. The number of rotatable bonds is 10. The van der Waals surface area contributed by atoms with Crippen molar-refractivity contribution in [3.8, 4) is 5.75 Å². The van der Waals surface area contributed by atoms with Crippen LogP contribution >= 0.6 is 0 Å². The number of benzene rings is 2. The van der Waals surface area contributed by atoms with Crippen LogP contribution in [0.25, 0.3) is 0 Å². The zero-order valence-corrected chi connectivity index (χ0v) is 19.3. The van der Waals surface area contributed by atoms with Crippen molar-refractivity contribution in [2.75, 3.05) is 0 Å². The highest BCUT2D eigenvalue weighted by atomic mass is 16.5. The number of ether oxygens (including phenoxy) is 1. The fourth-order valence-electron chi connectivity index (χ4n) is 4.73. The predicted octanol–water partition coefficient (Wildman–Crippen LogP) is 7.67. The second-order valence-electron chi connectivity index (χ2n) is 9.77. The molecule has 30 heavy (non-hydrogen) atoms. The number of unbranched alkanes of at least 4 members (excludes halogenated alkanes) is 3. The Morgan fingerprint density at radius 1 is 0.933 bits per heavy atom. The van der Waals surface area contributed by atoms with Gasteiger partial charge in [-0.05, 0) is 41.9 Å². The van der Waals surface area contributed by atoms with Gasteiger partial charge in [-0.25, -0.2) is 0 Å². The van der Waals surface area contributed by atoms with Gasteiger partial charge in [0.05, 0.1) is 5.60 Å². The molecule has 0 aliphatic heterocycles. The van der Waals surface area contributed by atoms with Crippen LogP contribution in [0.4, 0.5) is 0 Å². The van der Waals surface area contributed by atoms with Gasteiger partial charge in [0, 0.05) is 5.56 Å². The van der Waals surface area contributed by atoms with Crippen molar-refractivity contribution in [2.24, 2.45) is 0 Å². The van der Waals surface area contributed by atoms with E-state index in [1.807, 2.05) is 18.2 Å². The summed E-state index contributed by atoms with van der Waals surface area (Å²) in [5, 5.41) is 11.4. The average Bonchev–Trinajstić information content (AvgIpc) is 2.76. The normalized spacial score (nSPS) is 16.4. The highest BCUT2D eigenvalue weighted by Crippen LogP contribution is 2.43. The van der Waals surface area contributed by atoms with E-state index in [1.54, 1.807) is 0 Å². The molecule has 1 N–H and O–H groups in total. The summed E-state index contributed by atoms with van der Waals surface area (Å²) < 4.78 is 6.36. The monoisotopic (exact) mass is 408 g/mol. The second-order valence-corrected chi connectivity index (χ2v) is 9.77. The van der Waals surface area contributed by atoms with Gasteiger partial charge in [0.2, 0.25) is 0 Å². The van der Waals surface area contributed by atoms with Gasteiger partial charge in [0.15, 0.2) is 0 Å². The van der Waals surface area contributed by atoms with E-state index in [2.05, 4.69) is 51.1 Å². The number of hydrogen-bond acceptors (Lipinski definition) is 2. The van der Waals surface area contributed by atoms with Crippen LogP contribution in [-0.2, 0) is 17.6 Å². The van der Waals surface area contributed by atoms with E-state index in [9.17, 15) is 5.11 Å². The molecule has 0 spiro atoms. The van der Waals surface area contributed by atoms with Gasteiger partial charge in [-0.1, -0.05) is 108 Å². The fourth-order valence-corrected chi connectivity index (χ4v) is 4.73. The van der Waals surface area contributed by atoms with Crippen LogP contribution in [0.5, 0.6) is 5.75 Å². The molecule has 2 aromatic carbocycles. The smallest absolute Gasteiger partial charge is 0.126 e. The van der Waals surface area contributed by atoms with Gasteiger partial charge in [-0.2, -0.15) is 0 Å². The Morgan fingerprint density at radius 3 is 2.37 bits per heavy atom. The van der Waals surface area contributed by atoms with Crippen LogP contribution in [0.3, 0.4) is 0 Å². The Hall–Kier alpha value is -1.80. The summed E-state index contributed by atoms with van der Waals surface area (Å²) in [6, 6.07) is 16.9. The molecule has 2 heteroatoms. The van der Waals surface area contributed by atoms with Crippen LogP contribution in [0.15, 0.2) is 48.5 Å². The zero-order chi connectivity index (χ0) is 21.5. The Labute approximate surface area is 183 Å². The van der Waals surface area contributed by atoms with Crippen LogP contribution in [0.2, 0.25) is 0 Å². The predicted molar refractivity (Wildman–Crippen MR) is 126 cm³/mol. The first-order valence-electron chi connectivity index (χ1n) is 12.0. The van der Waals surface area contributed by atoms with E-state index in [0.29, 0.717) is 6.61 Å². The van der Waals surface area contributed by atoms with Gasteiger partial charge < -0.3 is 9.84 Å². The van der Waals surface area contributed by atoms with E-state index >= 15 is 0 Å². The molecule has 1 aliphatic rings. The summed E-state index contributed by atoms with van der Waals surface area (Å²) >= 11 is 0. The first kappa shape index (κ1) is 22.9. The standard InChI is InChI=1S/C28H40O2/c1-4-5-6-11-18-27(2,3)24-16-17-25(28(29)19-12-8-13-20-28)26(21-24)30-22-23-14-9-7-10-15-23/h7,9-10,14-17,21,29H,4-6,8,11-13,18-20,22H2,1-3H3. The van der Waals surface area contributed by atoms with E-state index in [1.165, 1.54) is 44.1 Å². The Balaban J connectivity index is 1.85. The minimum atomic E-state index is -0.756. The molecule has 2 nitrogen and oxygen atoms in total. The molecule has 0 amide bonds. The minimum Gasteiger partial charge on any atom is -0.489 e. The maximum atomic E-state index is 11.4. The first-order valence-corrected chi connectivity index (χ1v) is 12.0. The number of aliphatic hydroxyl groups is 1. The Morgan fingerprint density at radius 2 is 1.67 bits per heavy atom. The van der Waals surface area contributed by atoms with Gasteiger partial charge in [0.25, 0.3) is 0 Å². The lowest BCUT2D eigenvalue weighted by atomic mass is 9.76. The first-order chi connectivity index (χ1) is 14.4. The molecule has 0 atom stereocenters. The van der Waals surface area contributed by atoms with Crippen LogP contribution in [-0.4, -0.2) is 5.11 Å². The summed E-state index contributed by atoms with van der Waals surface area (Å²) in [5.74, 6) is 0.863. The lowest BCUT2D eigenvalue weighted by molar-refractivity contribution is -0.00326. The van der Waals surface area contributed by atoms with Crippen LogP contribution in [0.1, 0.15) is 102 Å². The van der Waals surface area contributed by atoms with Gasteiger partial charge >= 0.3 is 0 Å². The summed E-state index contributed by atoms with van der Waals surface area (Å²) in [6.07, 6.45) is 11.3. The summed E-state index contributed by atoms with van der Waals surface area (Å²) in [5.41, 5.74) is 2.79. The van der Waals surface area contributed by atoms with Crippen molar-refractivity contribution in [1.29, 1.82) is 0 Å². The van der Waals surface area contributed by atoms with Gasteiger partial charge in [0.1, 0.15) is 12.4 Å². The summed E-state index contributed by atoms with van der Waals surface area (Å²) in [7, 11) is 0. The molecular weight excluding hydrogens is 368 g/mol. The van der Waals surface area contributed by atoms with Gasteiger partial charge in [-0.3, -0.25) is 0 Å². The summed E-state index contributed by atoms with van der Waals surface area (Å²) in [6.45, 7) is 7.47. The largest absolute Gasteiger partial charge is 0.489 e. The van der Waals surface area contributed by atoms with Crippen molar-refractivity contribution in [2.45, 2.75) is 103 Å². The Bertz CT molecular complexity index is 772. The maximum Gasteiger partial charge on any atom is 0.126 e. The van der Waals surface area contributed by atoms with Crippen molar-refractivity contribution in [3.05, 3.63) is 65.2 Å². The van der Waals surface area contributed by atoms with Crippen molar-refractivity contribution in [3.63, 3.8) is 0 Å². The summed E-state index contributed by atoms with van der Waals surface area (Å²) in [4.78, 5) is 0. The zero-order valence-electron chi connectivity index (χ0n) is 19.3. The van der Waals surface area contributed by atoms with Crippen molar-refractivity contribution in [1.82, 2.24) is 0 Å². The minimum absolute atomic E-state index is 0.103. The lowest BCUT2D eigenvalue weighted by Crippen LogP contribution is -2.29. The molecule has 2 aromatic rings. The Kier molecular flexibility index (Phi) is 7.99. The lowest BCUT2D eigenvalue weighted by Gasteiger charge is -2.35. The molecule has 164 valence electrons. The third kappa shape index (κ3) is 5.88. The second kappa shape index (κ2) is 10.5. The van der Waals surface area contributed by atoms with Crippen molar-refractivity contribution >= 4 is 0 Å². The molecule has 0 saturated heterocycles. The molecule has 1 aliphatic carbocycles. The highest BCUT2D eigenvalue weighted by molar-refractivity contribution is 5.44. The van der Waals surface area contributed by atoms with E-state index in [0.717, 1.165) is 42.6 Å². The van der Waals surface area contributed by atoms with Crippen LogP contribution < -0.4 is 4.74 Å². The van der Waals surface area contributed by atoms with E-state index < -0.39 is 5.60 Å². The molecule has 0 aromatic heterocycles. The third-order valence-corrected chi connectivity index (χ3v) is 6.84. The molecular formula is C28H40O2. The van der Waals surface area contributed by atoms with Gasteiger partial charge in [-0.15, -0.1) is 0 Å². The molecule has 3 rings (SSSR count). The van der Waals surface area contributed by atoms with Crippen LogP contribution in [0, 0.1) is 0 Å². The van der Waals surface area contributed by atoms with E-state index in [-0.39, 0.29) is 5.41 Å². The topological polar surface area (TPSA) is 29.5 Å².